The van der Waals surface area contributed by atoms with Crippen LogP contribution < -0.4 is 0 Å². The molecule has 3 heterocycles. The minimum absolute atomic E-state index is 0.133. The molecule has 0 unspecified atom stereocenters. The van der Waals surface area contributed by atoms with Gasteiger partial charge >= 0.3 is 6.18 Å². The highest BCUT2D eigenvalue weighted by molar-refractivity contribution is 6.00. The van der Waals surface area contributed by atoms with Gasteiger partial charge < -0.3 is 4.90 Å². The lowest BCUT2D eigenvalue weighted by Crippen LogP contribution is -2.34. The van der Waals surface area contributed by atoms with Crippen LogP contribution in [0.4, 0.5) is 13.2 Å². The van der Waals surface area contributed by atoms with Crippen molar-refractivity contribution in [3.05, 3.63) is 84.4 Å². The lowest BCUT2D eigenvalue weighted by atomic mass is 10.1. The minimum atomic E-state index is -4.53. The van der Waals surface area contributed by atoms with Crippen LogP contribution in [0.15, 0.2) is 73.2 Å². The first-order chi connectivity index (χ1) is 16.4. The van der Waals surface area contributed by atoms with Crippen molar-refractivity contribution < 1.29 is 18.0 Å². The van der Waals surface area contributed by atoms with E-state index in [0.29, 0.717) is 42.3 Å². The van der Waals surface area contributed by atoms with E-state index in [4.69, 9.17) is 0 Å². The topological polar surface area (TPSA) is 76.8 Å². The number of hydrogen-bond donors (Lipinski definition) is 0. The number of amides is 1. The number of benzene rings is 1. The molecule has 0 saturated carbocycles. The van der Waals surface area contributed by atoms with Gasteiger partial charge in [-0.15, -0.1) is 0 Å². The summed E-state index contributed by atoms with van der Waals surface area (Å²) in [6.45, 7) is 3.06. The third-order valence-corrected chi connectivity index (χ3v) is 5.17. The summed E-state index contributed by atoms with van der Waals surface area (Å²) in [5, 5.41) is 4.34. The van der Waals surface area contributed by atoms with Gasteiger partial charge in [-0.25, -0.2) is 15.0 Å². The average Bonchev–Trinajstić information content (AvgIpc) is 3.33. The van der Waals surface area contributed by atoms with Crippen molar-refractivity contribution in [1.29, 1.82) is 0 Å². The van der Waals surface area contributed by atoms with Gasteiger partial charge in [0.25, 0.3) is 5.91 Å². The number of alkyl halides is 3. The Balaban J connectivity index is 1.49. The van der Waals surface area contributed by atoms with Crippen LogP contribution in [0.1, 0.15) is 23.0 Å². The predicted octanol–water partition coefficient (Wildman–Crippen LogP) is 4.58. The van der Waals surface area contributed by atoms with E-state index >= 15 is 0 Å². The number of carbonyl (C=O) groups excluding carboxylic acids is 1. The molecule has 0 bridgehead atoms. The molecular formula is C24H21F3N6O. The van der Waals surface area contributed by atoms with Gasteiger partial charge in [0, 0.05) is 37.2 Å². The molecule has 4 aromatic rings. The number of hydrogen-bond acceptors (Lipinski definition) is 5. The van der Waals surface area contributed by atoms with Crippen LogP contribution in [0.3, 0.4) is 0 Å². The lowest BCUT2D eigenvalue weighted by molar-refractivity contribution is -0.141. The highest BCUT2D eigenvalue weighted by Crippen LogP contribution is 2.29. The van der Waals surface area contributed by atoms with Gasteiger partial charge in [0.1, 0.15) is 11.4 Å². The van der Waals surface area contributed by atoms with E-state index in [1.54, 1.807) is 58.5 Å². The third-order valence-electron chi connectivity index (χ3n) is 5.17. The summed E-state index contributed by atoms with van der Waals surface area (Å²) in [6.07, 6.45) is 0.370. The Hall–Kier alpha value is -4.08. The lowest BCUT2D eigenvalue weighted by Gasteiger charge is -2.22. The number of carbonyl (C=O) groups is 1. The standard InChI is InChI=1S/C24H21F3N6O/c1-2-32(23(34)18-8-4-3-7-17(18)22-28-12-6-13-29-22)15-16-33-14-11-20(31-33)19-9-5-10-21(30-19)24(25,26)27/h3-14H,2,15-16H2,1H3. The number of nitrogens with zero attached hydrogens (tertiary/aromatic N) is 6. The molecule has 7 nitrogen and oxygen atoms in total. The van der Waals surface area contributed by atoms with E-state index < -0.39 is 11.9 Å². The van der Waals surface area contributed by atoms with Crippen LogP contribution in [-0.2, 0) is 12.7 Å². The molecule has 0 spiro atoms. The van der Waals surface area contributed by atoms with Crippen molar-refractivity contribution in [3.63, 3.8) is 0 Å². The molecule has 0 saturated heterocycles. The van der Waals surface area contributed by atoms with Crippen molar-refractivity contribution in [2.24, 2.45) is 0 Å². The van der Waals surface area contributed by atoms with Crippen molar-refractivity contribution in [2.45, 2.75) is 19.6 Å². The van der Waals surface area contributed by atoms with Crippen LogP contribution in [0.25, 0.3) is 22.8 Å². The number of halogens is 3. The van der Waals surface area contributed by atoms with E-state index in [-0.39, 0.29) is 11.6 Å². The molecule has 3 aromatic heterocycles. The predicted molar refractivity (Wildman–Crippen MR) is 120 cm³/mol. The van der Waals surface area contributed by atoms with Crippen LogP contribution in [-0.4, -0.2) is 48.6 Å². The minimum Gasteiger partial charge on any atom is -0.337 e. The first kappa shape index (κ1) is 23.1. The second kappa shape index (κ2) is 9.82. The van der Waals surface area contributed by atoms with E-state index in [9.17, 15) is 18.0 Å². The maximum absolute atomic E-state index is 13.3. The zero-order valence-electron chi connectivity index (χ0n) is 18.3. The SMILES string of the molecule is CCN(CCn1ccc(-c2cccc(C(F)(F)F)n2)n1)C(=O)c1ccccc1-c1ncccn1. The van der Waals surface area contributed by atoms with Crippen molar-refractivity contribution in [1.82, 2.24) is 29.6 Å². The zero-order chi connectivity index (χ0) is 24.1. The molecule has 10 heteroatoms. The average molecular weight is 466 g/mol. The first-order valence-electron chi connectivity index (χ1n) is 10.6. The largest absolute Gasteiger partial charge is 0.433 e. The molecular weight excluding hydrogens is 445 g/mol. The summed E-state index contributed by atoms with van der Waals surface area (Å²) in [5.41, 5.74) is 0.623. The van der Waals surface area contributed by atoms with Crippen LogP contribution in [0.5, 0.6) is 0 Å². The van der Waals surface area contributed by atoms with Gasteiger partial charge in [-0.05, 0) is 37.3 Å². The summed E-state index contributed by atoms with van der Waals surface area (Å²) < 4.78 is 40.5. The van der Waals surface area contributed by atoms with Gasteiger partial charge in [0.15, 0.2) is 5.82 Å². The molecule has 0 aliphatic carbocycles. The number of rotatable bonds is 7. The fourth-order valence-corrected chi connectivity index (χ4v) is 3.46. The van der Waals surface area contributed by atoms with Gasteiger partial charge in [-0.3, -0.25) is 9.48 Å². The quantitative estimate of drug-likeness (QED) is 0.398. The summed E-state index contributed by atoms with van der Waals surface area (Å²) in [6, 6.07) is 14.2. The molecule has 0 atom stereocenters. The summed E-state index contributed by atoms with van der Waals surface area (Å²) in [7, 11) is 0. The Morgan fingerprint density at radius 3 is 2.47 bits per heavy atom. The smallest absolute Gasteiger partial charge is 0.337 e. The zero-order valence-corrected chi connectivity index (χ0v) is 18.3. The molecule has 174 valence electrons. The maximum atomic E-state index is 13.3. The monoisotopic (exact) mass is 466 g/mol. The molecule has 34 heavy (non-hydrogen) atoms. The van der Waals surface area contributed by atoms with Gasteiger partial charge in [0.2, 0.25) is 0 Å². The second-order valence-corrected chi connectivity index (χ2v) is 7.37. The van der Waals surface area contributed by atoms with E-state index in [2.05, 4.69) is 20.1 Å². The number of pyridine rings is 1. The van der Waals surface area contributed by atoms with Crippen molar-refractivity contribution in [2.75, 3.05) is 13.1 Å². The third kappa shape index (κ3) is 5.11. The van der Waals surface area contributed by atoms with Gasteiger partial charge in [-0.2, -0.15) is 18.3 Å². The molecule has 1 aromatic carbocycles. The van der Waals surface area contributed by atoms with Crippen LogP contribution in [0.2, 0.25) is 0 Å². The molecule has 4 rings (SSSR count). The Bertz CT molecular complexity index is 1270. The molecule has 0 fully saturated rings. The fraction of sp³-hybridized carbons (Fsp3) is 0.208. The summed E-state index contributed by atoms with van der Waals surface area (Å²) in [4.78, 5) is 27.1. The molecule has 1 amide bonds. The highest BCUT2D eigenvalue weighted by Gasteiger charge is 2.32. The van der Waals surface area contributed by atoms with Crippen LogP contribution in [0, 0.1) is 0 Å². The van der Waals surface area contributed by atoms with Gasteiger partial charge in [0.05, 0.1) is 17.8 Å². The number of likely N-dealkylation sites (N-methyl/N-ethyl adjacent to an activating group) is 1. The Labute approximate surface area is 193 Å². The Morgan fingerprint density at radius 2 is 1.74 bits per heavy atom. The fourth-order valence-electron chi connectivity index (χ4n) is 3.46. The van der Waals surface area contributed by atoms with Crippen molar-refractivity contribution >= 4 is 5.91 Å². The normalized spacial score (nSPS) is 11.4. The van der Waals surface area contributed by atoms with Crippen LogP contribution >= 0.6 is 0 Å². The van der Waals surface area contributed by atoms with Crippen molar-refractivity contribution in [3.8, 4) is 22.8 Å². The molecule has 0 aliphatic rings. The van der Waals surface area contributed by atoms with E-state index in [1.807, 2.05) is 13.0 Å². The van der Waals surface area contributed by atoms with Gasteiger partial charge in [-0.1, -0.05) is 24.3 Å². The summed E-state index contributed by atoms with van der Waals surface area (Å²) in [5.74, 6) is 0.297. The Kier molecular flexibility index (Phi) is 6.67. The van der Waals surface area contributed by atoms with E-state index in [1.165, 1.54) is 12.1 Å². The Morgan fingerprint density at radius 1 is 0.971 bits per heavy atom. The second-order valence-electron chi connectivity index (χ2n) is 7.37. The number of aromatic nitrogens is 5. The molecule has 0 N–H and O–H groups in total. The highest BCUT2D eigenvalue weighted by atomic mass is 19.4. The molecule has 0 radical (unpaired) electrons. The first-order valence-corrected chi connectivity index (χ1v) is 10.6. The summed E-state index contributed by atoms with van der Waals surface area (Å²) >= 11 is 0. The molecule has 0 aliphatic heterocycles. The van der Waals surface area contributed by atoms with E-state index in [0.717, 1.165) is 6.07 Å². The maximum Gasteiger partial charge on any atom is 0.433 e.